The van der Waals surface area contributed by atoms with E-state index in [-0.39, 0.29) is 5.91 Å². The lowest BCUT2D eigenvalue weighted by atomic mass is 9.78. The molecule has 31 heavy (non-hydrogen) atoms. The molecule has 6 nitrogen and oxygen atoms in total. The second-order valence-corrected chi connectivity index (χ2v) is 9.94. The van der Waals surface area contributed by atoms with Gasteiger partial charge in [0.25, 0.3) is 0 Å². The average molecular weight is 441 g/mol. The van der Waals surface area contributed by atoms with Gasteiger partial charge in [0.05, 0.1) is 31.0 Å². The number of hydrogen-bond acceptors (Lipinski definition) is 6. The van der Waals surface area contributed by atoms with Gasteiger partial charge in [0.1, 0.15) is 10.9 Å². The number of fused-ring (bicyclic) bond motifs is 2. The number of ether oxygens (including phenoxy) is 1. The van der Waals surface area contributed by atoms with E-state index in [1.165, 1.54) is 32.1 Å². The molecule has 3 aliphatic rings. The zero-order valence-electron chi connectivity index (χ0n) is 18.2. The van der Waals surface area contributed by atoms with Crippen LogP contribution in [-0.2, 0) is 16.1 Å². The van der Waals surface area contributed by atoms with Crippen LogP contribution in [0.1, 0.15) is 44.3 Å². The molecule has 2 aromatic rings. The first-order valence-electron chi connectivity index (χ1n) is 11.8. The van der Waals surface area contributed by atoms with Crippen molar-refractivity contribution >= 4 is 28.6 Å². The summed E-state index contributed by atoms with van der Waals surface area (Å²) in [4.78, 5) is 27.4. The number of benzene rings is 1. The molecule has 2 atom stereocenters. The third-order valence-corrected chi connectivity index (χ3v) is 7.96. The number of aromatic nitrogens is 2. The molecule has 1 aromatic heterocycles. The molecule has 1 amide bonds. The highest BCUT2D eigenvalue weighted by molar-refractivity contribution is 8.00. The molecule has 0 N–H and O–H groups in total. The molecule has 7 heteroatoms. The summed E-state index contributed by atoms with van der Waals surface area (Å²) in [7, 11) is 0. The molecule has 1 saturated carbocycles. The molecule has 3 heterocycles. The molecule has 166 valence electrons. The van der Waals surface area contributed by atoms with Crippen LogP contribution >= 0.6 is 11.8 Å². The van der Waals surface area contributed by atoms with Crippen LogP contribution in [0.2, 0.25) is 0 Å². The number of rotatable bonds is 5. The van der Waals surface area contributed by atoms with Crippen molar-refractivity contribution in [1.82, 2.24) is 19.8 Å². The predicted molar refractivity (Wildman–Crippen MR) is 123 cm³/mol. The zero-order chi connectivity index (χ0) is 21.0. The van der Waals surface area contributed by atoms with Gasteiger partial charge in [-0.25, -0.2) is 9.97 Å². The second kappa shape index (κ2) is 9.84. The molecular weight excluding hydrogens is 408 g/mol. The van der Waals surface area contributed by atoms with Gasteiger partial charge in [0.15, 0.2) is 0 Å². The number of thioether (sulfide) groups is 1. The lowest BCUT2D eigenvalue weighted by Crippen LogP contribution is -2.50. The third kappa shape index (κ3) is 4.89. The lowest BCUT2D eigenvalue weighted by Gasteiger charge is -2.44. The minimum absolute atomic E-state index is 0.277. The molecule has 5 rings (SSSR count). The monoisotopic (exact) mass is 440 g/mol. The summed E-state index contributed by atoms with van der Waals surface area (Å²) in [6.45, 7) is 5.01. The normalized spacial score (nSPS) is 24.8. The van der Waals surface area contributed by atoms with E-state index >= 15 is 0 Å². The molecule has 1 aromatic carbocycles. The van der Waals surface area contributed by atoms with Gasteiger partial charge in [-0.1, -0.05) is 42.8 Å². The van der Waals surface area contributed by atoms with Crippen LogP contribution in [0.4, 0.5) is 0 Å². The molecule has 0 bridgehead atoms. The smallest absolute Gasteiger partial charge is 0.233 e. The Morgan fingerprint density at radius 2 is 1.84 bits per heavy atom. The maximum atomic E-state index is 13.2. The Kier molecular flexibility index (Phi) is 6.72. The summed E-state index contributed by atoms with van der Waals surface area (Å²) >= 11 is 1.58. The van der Waals surface area contributed by atoms with Gasteiger partial charge in [-0.05, 0) is 37.7 Å². The Morgan fingerprint density at radius 3 is 2.74 bits per heavy atom. The minimum atomic E-state index is 0.277. The summed E-state index contributed by atoms with van der Waals surface area (Å²) < 4.78 is 5.46. The molecular formula is C24H32N4O2S. The van der Waals surface area contributed by atoms with Crippen molar-refractivity contribution in [3.63, 3.8) is 0 Å². The molecule has 2 unspecified atom stereocenters. The maximum absolute atomic E-state index is 13.2. The lowest BCUT2D eigenvalue weighted by molar-refractivity contribution is -0.134. The second-order valence-electron chi connectivity index (χ2n) is 8.98. The van der Waals surface area contributed by atoms with Gasteiger partial charge in [-0.2, -0.15) is 0 Å². The van der Waals surface area contributed by atoms with Gasteiger partial charge in [-0.15, -0.1) is 0 Å². The Bertz CT molecular complexity index is 916. The Labute approximate surface area is 188 Å². The number of para-hydroxylation sites is 1. The van der Waals surface area contributed by atoms with Crippen LogP contribution in [0.5, 0.6) is 0 Å². The fraction of sp³-hybridized carbons (Fsp3) is 0.625. The van der Waals surface area contributed by atoms with Gasteiger partial charge >= 0.3 is 0 Å². The summed E-state index contributed by atoms with van der Waals surface area (Å²) in [6, 6.07) is 8.62. The first-order chi connectivity index (χ1) is 15.3. The van der Waals surface area contributed by atoms with Crippen LogP contribution in [0.3, 0.4) is 0 Å². The number of carbonyl (C=O) groups is 1. The number of carbonyl (C=O) groups excluding carboxylic acids is 1. The van der Waals surface area contributed by atoms with Gasteiger partial charge < -0.3 is 9.64 Å². The van der Waals surface area contributed by atoms with Crippen molar-refractivity contribution in [1.29, 1.82) is 0 Å². The van der Waals surface area contributed by atoms with Crippen molar-refractivity contribution in [2.75, 3.05) is 38.6 Å². The molecule has 2 saturated heterocycles. The summed E-state index contributed by atoms with van der Waals surface area (Å²) in [6.07, 6.45) is 7.52. The largest absolute Gasteiger partial charge is 0.379 e. The van der Waals surface area contributed by atoms with E-state index in [9.17, 15) is 4.79 Å². The Balaban J connectivity index is 1.31. The number of nitrogens with zero attached hydrogens (tertiary/aromatic N) is 4. The highest BCUT2D eigenvalue weighted by atomic mass is 32.2. The number of piperidine rings is 1. The fourth-order valence-corrected chi connectivity index (χ4v) is 6.30. The topological polar surface area (TPSA) is 58.6 Å². The number of hydrogen-bond donors (Lipinski definition) is 0. The van der Waals surface area contributed by atoms with Crippen LogP contribution in [-0.4, -0.2) is 70.3 Å². The minimum Gasteiger partial charge on any atom is -0.379 e. The van der Waals surface area contributed by atoms with E-state index in [2.05, 4.69) is 15.9 Å². The van der Waals surface area contributed by atoms with Gasteiger partial charge in [0, 0.05) is 31.1 Å². The standard InChI is InChI=1S/C24H32N4O2S/c29-23(28-11-5-7-18-6-1-4-10-21(18)28)17-31-24-19-8-2-3-9-20(19)25-22(26-24)16-27-12-14-30-15-13-27/h2-3,8-9,18,21H,1,4-7,10-17H2. The predicted octanol–water partition coefficient (Wildman–Crippen LogP) is 3.74. The van der Waals surface area contributed by atoms with Crippen LogP contribution in [0.25, 0.3) is 10.9 Å². The van der Waals surface area contributed by atoms with E-state index in [0.717, 1.165) is 73.5 Å². The van der Waals surface area contributed by atoms with Crippen molar-refractivity contribution in [3.8, 4) is 0 Å². The molecule has 1 aliphatic carbocycles. The van der Waals surface area contributed by atoms with Gasteiger partial charge in [-0.3, -0.25) is 9.69 Å². The quantitative estimate of drug-likeness (QED) is 0.522. The maximum Gasteiger partial charge on any atom is 0.233 e. The van der Waals surface area contributed by atoms with E-state index in [1.807, 2.05) is 18.2 Å². The van der Waals surface area contributed by atoms with E-state index in [1.54, 1.807) is 11.8 Å². The van der Waals surface area contributed by atoms with E-state index in [4.69, 9.17) is 14.7 Å². The first-order valence-corrected chi connectivity index (χ1v) is 12.7. The third-order valence-electron chi connectivity index (χ3n) is 6.98. The van der Waals surface area contributed by atoms with E-state index < -0.39 is 0 Å². The molecule has 3 fully saturated rings. The molecule has 0 spiro atoms. The average Bonchev–Trinajstić information content (AvgIpc) is 2.82. The Morgan fingerprint density at radius 1 is 1.03 bits per heavy atom. The van der Waals surface area contributed by atoms with Crippen molar-refractivity contribution in [2.45, 2.75) is 56.1 Å². The van der Waals surface area contributed by atoms with Crippen molar-refractivity contribution < 1.29 is 9.53 Å². The summed E-state index contributed by atoms with van der Waals surface area (Å²) in [5.41, 5.74) is 0.959. The first kappa shape index (κ1) is 21.2. The van der Waals surface area contributed by atoms with E-state index in [0.29, 0.717) is 11.8 Å². The van der Waals surface area contributed by atoms with Crippen molar-refractivity contribution in [2.24, 2.45) is 5.92 Å². The fourth-order valence-electron chi connectivity index (χ4n) is 5.38. The van der Waals surface area contributed by atoms with Crippen molar-refractivity contribution in [3.05, 3.63) is 30.1 Å². The molecule has 0 radical (unpaired) electrons. The van der Waals surface area contributed by atoms with Crippen LogP contribution in [0, 0.1) is 5.92 Å². The summed E-state index contributed by atoms with van der Waals surface area (Å²) in [5, 5.41) is 1.97. The Hall–Kier alpha value is -1.70. The SMILES string of the molecule is O=C(CSc1nc(CN2CCOCC2)nc2ccccc12)N1CCCC2CCCCC21. The summed E-state index contributed by atoms with van der Waals surface area (Å²) in [5.74, 6) is 2.29. The van der Waals surface area contributed by atoms with Crippen LogP contribution in [0.15, 0.2) is 29.3 Å². The van der Waals surface area contributed by atoms with Crippen LogP contribution < -0.4 is 0 Å². The number of likely N-dealkylation sites (tertiary alicyclic amines) is 1. The zero-order valence-corrected chi connectivity index (χ0v) is 19.0. The molecule has 2 aliphatic heterocycles. The number of morpholine rings is 1. The highest BCUT2D eigenvalue weighted by Crippen LogP contribution is 2.36. The van der Waals surface area contributed by atoms with Gasteiger partial charge in [0.2, 0.25) is 5.91 Å². The number of amides is 1. The highest BCUT2D eigenvalue weighted by Gasteiger charge is 2.35.